The minimum absolute atomic E-state index is 0.177. The molecule has 2 unspecified atom stereocenters. The zero-order valence-corrected chi connectivity index (χ0v) is 20.3. The van der Waals surface area contributed by atoms with Crippen LogP contribution in [0.2, 0.25) is 0 Å². The molecular formula is C28H31N7O. The smallest absolute Gasteiger partial charge is 0.169 e. The van der Waals surface area contributed by atoms with Crippen LogP contribution in [-0.2, 0) is 0 Å². The second-order valence-corrected chi connectivity index (χ2v) is 9.88. The first kappa shape index (κ1) is 22.6. The molecule has 3 fully saturated rings. The first-order valence-electron chi connectivity index (χ1n) is 12.8. The van der Waals surface area contributed by atoms with Crippen molar-refractivity contribution in [2.24, 2.45) is 5.92 Å². The quantitative estimate of drug-likeness (QED) is 0.550. The maximum absolute atomic E-state index is 10.2. The Hall–Kier alpha value is -3.83. The van der Waals surface area contributed by atoms with Crippen LogP contribution in [0.15, 0.2) is 48.7 Å². The molecule has 6 rings (SSSR count). The number of benzene rings is 1. The lowest BCUT2D eigenvalue weighted by molar-refractivity contribution is 0.0533. The molecule has 4 heterocycles. The van der Waals surface area contributed by atoms with Crippen LogP contribution in [0.4, 0.5) is 17.2 Å². The molecule has 1 aliphatic carbocycles. The van der Waals surface area contributed by atoms with E-state index < -0.39 is 0 Å². The molecule has 184 valence electrons. The molecule has 2 atom stereocenters. The number of para-hydroxylation sites is 1. The summed E-state index contributed by atoms with van der Waals surface area (Å²) in [4.78, 5) is 11.6. The number of nitrogen functional groups attached to an aromatic ring is 1. The Morgan fingerprint density at radius 2 is 1.83 bits per heavy atom. The summed E-state index contributed by atoms with van der Waals surface area (Å²) in [5.41, 5.74) is 10.3. The second kappa shape index (κ2) is 9.67. The molecule has 0 spiro atoms. The average Bonchev–Trinajstić information content (AvgIpc) is 3.28. The molecule has 3 N–H and O–H groups in total. The van der Waals surface area contributed by atoms with Gasteiger partial charge in [0.25, 0.3) is 0 Å². The summed E-state index contributed by atoms with van der Waals surface area (Å²) in [6, 6.07) is 14.0. The Morgan fingerprint density at radius 1 is 1.00 bits per heavy atom. The fourth-order valence-corrected chi connectivity index (χ4v) is 5.78. The van der Waals surface area contributed by atoms with E-state index in [1.54, 1.807) is 12.1 Å². The summed E-state index contributed by atoms with van der Waals surface area (Å²) in [5, 5.41) is 18.6. The van der Waals surface area contributed by atoms with Crippen molar-refractivity contribution < 1.29 is 5.11 Å². The van der Waals surface area contributed by atoms with E-state index in [2.05, 4.69) is 53.9 Å². The number of nitrogens with zero attached hydrogens (tertiary/aromatic N) is 6. The van der Waals surface area contributed by atoms with Crippen molar-refractivity contribution >= 4 is 17.2 Å². The molecule has 8 nitrogen and oxygen atoms in total. The van der Waals surface area contributed by atoms with E-state index in [1.165, 1.54) is 25.8 Å². The molecule has 0 amide bonds. The molecule has 36 heavy (non-hydrogen) atoms. The monoisotopic (exact) mass is 481 g/mol. The van der Waals surface area contributed by atoms with Gasteiger partial charge in [0.15, 0.2) is 5.82 Å². The minimum Gasteiger partial charge on any atom is -0.507 e. The number of piperazine rings is 1. The summed E-state index contributed by atoms with van der Waals surface area (Å²) in [6.45, 7) is 5.36. The Morgan fingerprint density at radius 3 is 2.67 bits per heavy atom. The Labute approximate surface area is 211 Å². The molecule has 3 aromatic rings. The fraction of sp³-hybridized carbons (Fsp3) is 0.393. The van der Waals surface area contributed by atoms with Crippen molar-refractivity contribution in [1.29, 1.82) is 0 Å². The van der Waals surface area contributed by atoms with E-state index in [0.29, 0.717) is 17.1 Å². The molecule has 3 aliphatic rings. The van der Waals surface area contributed by atoms with Crippen LogP contribution in [0, 0.1) is 17.8 Å². The number of nitrogens with two attached hydrogens (primary N) is 1. The lowest BCUT2D eigenvalue weighted by Gasteiger charge is -2.43. The topological polar surface area (TPSA) is 94.6 Å². The highest BCUT2D eigenvalue weighted by molar-refractivity contribution is 5.74. The van der Waals surface area contributed by atoms with E-state index in [1.807, 2.05) is 24.4 Å². The fourth-order valence-electron chi connectivity index (χ4n) is 5.78. The number of fused-ring (bicyclic) bond motifs is 1. The third-order valence-electron chi connectivity index (χ3n) is 7.77. The molecule has 0 radical (unpaired) electrons. The highest BCUT2D eigenvalue weighted by Crippen LogP contribution is 2.38. The van der Waals surface area contributed by atoms with Gasteiger partial charge < -0.3 is 20.6 Å². The molecule has 2 aromatic heterocycles. The van der Waals surface area contributed by atoms with Crippen molar-refractivity contribution in [2.45, 2.75) is 25.3 Å². The number of phenolic OH excluding ortho intramolecular Hbond substituents is 1. The van der Waals surface area contributed by atoms with Crippen LogP contribution in [0.3, 0.4) is 0 Å². The van der Waals surface area contributed by atoms with Gasteiger partial charge in [-0.25, -0.2) is 4.98 Å². The number of hydrogen-bond donors (Lipinski definition) is 2. The van der Waals surface area contributed by atoms with Gasteiger partial charge in [0.2, 0.25) is 0 Å². The van der Waals surface area contributed by atoms with Gasteiger partial charge in [-0.15, -0.1) is 10.2 Å². The van der Waals surface area contributed by atoms with E-state index in [-0.39, 0.29) is 5.75 Å². The van der Waals surface area contributed by atoms with Crippen LogP contribution >= 0.6 is 0 Å². The summed E-state index contributed by atoms with van der Waals surface area (Å²) in [5.74, 6) is 8.12. The Balaban J connectivity index is 1.10. The third kappa shape index (κ3) is 4.42. The van der Waals surface area contributed by atoms with Gasteiger partial charge in [-0.05, 0) is 55.0 Å². The van der Waals surface area contributed by atoms with Crippen LogP contribution in [0.25, 0.3) is 11.3 Å². The normalized spacial score (nSPS) is 21.4. The lowest BCUT2D eigenvalue weighted by Crippen LogP contribution is -2.53. The van der Waals surface area contributed by atoms with Gasteiger partial charge in [-0.3, -0.25) is 4.90 Å². The van der Waals surface area contributed by atoms with Crippen LogP contribution < -0.4 is 15.5 Å². The van der Waals surface area contributed by atoms with Gasteiger partial charge >= 0.3 is 0 Å². The standard InChI is InChI=1S/C28H31N7O/c29-28-26(18-24(31-32-28)23-7-1-2-9-27(23)36)34-15-13-33(14-16-34)22-10-11-30-21(17-22)6-4-12-35-19-20-5-3-8-25(20)35/h1-2,7,9-11,17-18,20,25,36H,3,5,8,12-16,19H2,(H2,29,32). The van der Waals surface area contributed by atoms with Gasteiger partial charge in [-0.1, -0.05) is 24.5 Å². The zero-order valence-electron chi connectivity index (χ0n) is 20.3. The Bertz CT molecular complexity index is 1310. The highest BCUT2D eigenvalue weighted by Gasteiger charge is 2.41. The molecule has 1 aromatic carbocycles. The number of anilines is 3. The van der Waals surface area contributed by atoms with Crippen molar-refractivity contribution in [2.75, 3.05) is 54.8 Å². The van der Waals surface area contributed by atoms with Gasteiger partial charge in [0, 0.05) is 56.2 Å². The predicted molar refractivity (Wildman–Crippen MR) is 142 cm³/mol. The highest BCUT2D eigenvalue weighted by atomic mass is 16.3. The third-order valence-corrected chi connectivity index (χ3v) is 7.77. The van der Waals surface area contributed by atoms with Crippen molar-refractivity contribution in [1.82, 2.24) is 20.1 Å². The number of likely N-dealkylation sites (tertiary alicyclic amines) is 1. The number of rotatable bonds is 4. The van der Waals surface area contributed by atoms with Gasteiger partial charge in [0.1, 0.15) is 11.4 Å². The van der Waals surface area contributed by atoms with E-state index >= 15 is 0 Å². The first-order valence-corrected chi connectivity index (χ1v) is 12.8. The van der Waals surface area contributed by atoms with Crippen molar-refractivity contribution in [3.8, 4) is 28.8 Å². The van der Waals surface area contributed by atoms with Gasteiger partial charge in [-0.2, -0.15) is 0 Å². The van der Waals surface area contributed by atoms with Crippen molar-refractivity contribution in [3.63, 3.8) is 0 Å². The van der Waals surface area contributed by atoms with Crippen LogP contribution in [0.1, 0.15) is 25.0 Å². The van der Waals surface area contributed by atoms with Gasteiger partial charge in [0.05, 0.1) is 17.9 Å². The summed E-state index contributed by atoms with van der Waals surface area (Å²) in [7, 11) is 0. The number of pyridine rings is 1. The van der Waals surface area contributed by atoms with Crippen LogP contribution in [0.5, 0.6) is 5.75 Å². The maximum Gasteiger partial charge on any atom is 0.169 e. The average molecular weight is 482 g/mol. The summed E-state index contributed by atoms with van der Waals surface area (Å²) in [6.07, 6.45) is 5.96. The molecule has 0 bridgehead atoms. The SMILES string of the molecule is Nc1nnc(-c2ccccc2O)cc1N1CCN(c2ccnc(C#CCN3CC4CCCC43)c2)CC1. The predicted octanol–water partition coefficient (Wildman–Crippen LogP) is 2.99. The second-order valence-electron chi connectivity index (χ2n) is 9.88. The minimum atomic E-state index is 0.177. The maximum atomic E-state index is 10.2. The van der Waals surface area contributed by atoms with E-state index in [4.69, 9.17) is 5.73 Å². The van der Waals surface area contributed by atoms with Crippen LogP contribution in [-0.4, -0.2) is 70.5 Å². The van der Waals surface area contributed by atoms with E-state index in [9.17, 15) is 5.11 Å². The first-order chi connectivity index (χ1) is 17.7. The molecular weight excluding hydrogens is 450 g/mol. The van der Waals surface area contributed by atoms with Crippen molar-refractivity contribution in [3.05, 3.63) is 54.4 Å². The molecule has 2 saturated heterocycles. The number of aromatic hydroxyl groups is 1. The molecule has 8 heteroatoms. The number of hydrogen-bond acceptors (Lipinski definition) is 8. The van der Waals surface area contributed by atoms with E-state index in [0.717, 1.165) is 61.8 Å². The number of phenols is 1. The zero-order chi connectivity index (χ0) is 24.5. The molecule has 2 aliphatic heterocycles. The Kier molecular flexibility index (Phi) is 6.08. The largest absolute Gasteiger partial charge is 0.507 e. The summed E-state index contributed by atoms with van der Waals surface area (Å²) < 4.78 is 0. The number of aromatic nitrogens is 3. The summed E-state index contributed by atoms with van der Waals surface area (Å²) >= 11 is 0. The lowest BCUT2D eigenvalue weighted by atomic mass is 9.92. The molecule has 1 saturated carbocycles.